The second kappa shape index (κ2) is 4.18. The summed E-state index contributed by atoms with van der Waals surface area (Å²) < 4.78 is 5.50. The Hall–Kier alpha value is -1.16. The summed E-state index contributed by atoms with van der Waals surface area (Å²) in [7, 11) is 0. The Kier molecular flexibility index (Phi) is 3.19. The lowest BCUT2D eigenvalue weighted by Gasteiger charge is -2.12. The molecule has 2 N–H and O–H groups in total. The van der Waals surface area contributed by atoms with Crippen molar-refractivity contribution in [2.24, 2.45) is 5.73 Å². The van der Waals surface area contributed by atoms with E-state index in [1.807, 2.05) is 13.8 Å². The van der Waals surface area contributed by atoms with Gasteiger partial charge >= 0.3 is 0 Å². The van der Waals surface area contributed by atoms with Gasteiger partial charge in [0.15, 0.2) is 0 Å². The predicted molar refractivity (Wildman–Crippen MR) is 55.9 cm³/mol. The number of rotatable bonds is 3. The molecule has 0 fully saturated rings. The molecule has 1 heterocycles. The smallest absolute Gasteiger partial charge is 0.132 e. The summed E-state index contributed by atoms with van der Waals surface area (Å²) in [5.74, 6) is 0.692. The Bertz CT molecular complexity index is 312. The highest BCUT2D eigenvalue weighted by molar-refractivity contribution is 7.80. The van der Waals surface area contributed by atoms with Crippen molar-refractivity contribution in [1.82, 2.24) is 4.98 Å². The van der Waals surface area contributed by atoms with Crippen molar-refractivity contribution in [3.8, 4) is 5.75 Å². The van der Waals surface area contributed by atoms with Crippen molar-refractivity contribution in [2.45, 2.75) is 20.0 Å². The molecule has 13 heavy (non-hydrogen) atoms. The Balaban J connectivity index is 2.98. The first-order valence-electron chi connectivity index (χ1n) is 4.01. The van der Waals surface area contributed by atoms with Crippen LogP contribution < -0.4 is 10.5 Å². The highest BCUT2D eigenvalue weighted by atomic mass is 32.1. The number of nitrogens with zero attached hydrogens (tertiary/aromatic N) is 1. The molecule has 0 bridgehead atoms. The van der Waals surface area contributed by atoms with Gasteiger partial charge < -0.3 is 10.5 Å². The molecule has 4 heteroatoms. The van der Waals surface area contributed by atoms with E-state index >= 15 is 0 Å². The van der Waals surface area contributed by atoms with Gasteiger partial charge in [0.2, 0.25) is 0 Å². The van der Waals surface area contributed by atoms with Gasteiger partial charge in [-0.15, -0.1) is 0 Å². The molecule has 1 aromatic heterocycles. The minimum Gasteiger partial charge on any atom is -0.490 e. The molecular formula is C9H12N2OS. The number of aromatic nitrogens is 1. The van der Waals surface area contributed by atoms with E-state index in [1.54, 1.807) is 18.5 Å². The molecule has 0 aromatic carbocycles. The molecule has 3 nitrogen and oxygen atoms in total. The van der Waals surface area contributed by atoms with Gasteiger partial charge in [-0.25, -0.2) is 0 Å². The van der Waals surface area contributed by atoms with Crippen molar-refractivity contribution >= 4 is 17.2 Å². The summed E-state index contributed by atoms with van der Waals surface area (Å²) in [6.07, 6.45) is 3.37. The zero-order valence-electron chi connectivity index (χ0n) is 7.65. The van der Waals surface area contributed by atoms with Crippen LogP contribution in [0.1, 0.15) is 19.4 Å². The molecule has 1 aromatic rings. The van der Waals surface area contributed by atoms with E-state index in [-0.39, 0.29) is 6.10 Å². The molecule has 0 atom stereocenters. The first-order valence-corrected chi connectivity index (χ1v) is 4.42. The van der Waals surface area contributed by atoms with Gasteiger partial charge in [-0.1, -0.05) is 12.2 Å². The van der Waals surface area contributed by atoms with Crippen LogP contribution in [0.15, 0.2) is 18.5 Å². The van der Waals surface area contributed by atoms with Crippen LogP contribution in [0, 0.1) is 0 Å². The number of thiocarbonyl (C=S) groups is 1. The second-order valence-electron chi connectivity index (χ2n) is 2.90. The number of pyridine rings is 1. The number of hydrogen-bond donors (Lipinski definition) is 1. The van der Waals surface area contributed by atoms with Gasteiger partial charge in [0.25, 0.3) is 0 Å². The third-order valence-electron chi connectivity index (χ3n) is 1.41. The van der Waals surface area contributed by atoms with Crippen LogP contribution in [0.25, 0.3) is 0 Å². The number of nitrogens with two attached hydrogens (primary N) is 1. The standard InChI is InChI=1S/C9H12N2OS/c1-6(2)12-8-3-4-11-5-7(8)9(10)13/h3-6H,1-2H3,(H2,10,13). The van der Waals surface area contributed by atoms with Crippen LogP contribution >= 0.6 is 12.2 Å². The molecular weight excluding hydrogens is 184 g/mol. The Morgan fingerprint density at radius 3 is 2.85 bits per heavy atom. The monoisotopic (exact) mass is 196 g/mol. The minimum absolute atomic E-state index is 0.107. The summed E-state index contributed by atoms with van der Waals surface area (Å²) in [5.41, 5.74) is 6.19. The van der Waals surface area contributed by atoms with E-state index in [0.717, 1.165) is 0 Å². The van der Waals surface area contributed by atoms with Crippen molar-refractivity contribution in [1.29, 1.82) is 0 Å². The number of ether oxygens (including phenoxy) is 1. The predicted octanol–water partition coefficient (Wildman–Crippen LogP) is 1.50. The topological polar surface area (TPSA) is 48.1 Å². The lowest BCUT2D eigenvalue weighted by Crippen LogP contribution is -2.14. The molecule has 0 unspecified atom stereocenters. The molecule has 0 aliphatic heterocycles. The third-order valence-corrected chi connectivity index (χ3v) is 1.63. The molecule has 70 valence electrons. The SMILES string of the molecule is CC(C)Oc1ccncc1C(N)=S. The number of hydrogen-bond acceptors (Lipinski definition) is 3. The van der Waals surface area contributed by atoms with Crippen molar-refractivity contribution in [3.63, 3.8) is 0 Å². The fraction of sp³-hybridized carbons (Fsp3) is 0.333. The summed E-state index contributed by atoms with van der Waals surface area (Å²) >= 11 is 4.86. The first-order chi connectivity index (χ1) is 6.11. The quantitative estimate of drug-likeness (QED) is 0.744. The van der Waals surface area contributed by atoms with Crippen LogP contribution in [0.2, 0.25) is 0 Å². The molecule has 0 spiro atoms. The van der Waals surface area contributed by atoms with E-state index in [2.05, 4.69) is 4.98 Å². The van der Waals surface area contributed by atoms with E-state index in [9.17, 15) is 0 Å². The normalized spacial score (nSPS) is 10.1. The van der Waals surface area contributed by atoms with Crippen LogP contribution in [0.5, 0.6) is 5.75 Å². The van der Waals surface area contributed by atoms with Gasteiger partial charge in [0, 0.05) is 12.4 Å². The lowest BCUT2D eigenvalue weighted by atomic mass is 10.2. The zero-order chi connectivity index (χ0) is 9.84. The largest absolute Gasteiger partial charge is 0.490 e. The maximum atomic E-state index is 5.50. The minimum atomic E-state index is 0.107. The summed E-state index contributed by atoms with van der Waals surface area (Å²) in [6.45, 7) is 3.90. The van der Waals surface area contributed by atoms with Gasteiger partial charge in [-0.3, -0.25) is 4.98 Å². The van der Waals surface area contributed by atoms with Crippen LogP contribution in [-0.4, -0.2) is 16.1 Å². The summed E-state index contributed by atoms with van der Waals surface area (Å²) in [4.78, 5) is 4.24. The van der Waals surface area contributed by atoms with Crippen molar-refractivity contribution in [3.05, 3.63) is 24.0 Å². The summed E-state index contributed by atoms with van der Waals surface area (Å²) in [6, 6.07) is 1.76. The Morgan fingerprint density at radius 2 is 2.31 bits per heavy atom. The fourth-order valence-electron chi connectivity index (χ4n) is 0.923. The molecule has 0 saturated heterocycles. The molecule has 0 aliphatic rings. The van der Waals surface area contributed by atoms with E-state index in [0.29, 0.717) is 16.3 Å². The van der Waals surface area contributed by atoms with E-state index in [1.165, 1.54) is 0 Å². The van der Waals surface area contributed by atoms with Crippen LogP contribution in [0.3, 0.4) is 0 Å². The van der Waals surface area contributed by atoms with Crippen molar-refractivity contribution < 1.29 is 4.74 Å². The first kappa shape index (κ1) is 9.92. The summed E-state index contributed by atoms with van der Waals surface area (Å²) in [5, 5.41) is 0. The lowest BCUT2D eigenvalue weighted by molar-refractivity contribution is 0.242. The average Bonchev–Trinajstić information content (AvgIpc) is 2.03. The van der Waals surface area contributed by atoms with Gasteiger partial charge in [-0.05, 0) is 19.9 Å². The third kappa shape index (κ3) is 2.66. The highest BCUT2D eigenvalue weighted by Gasteiger charge is 2.06. The Labute approximate surface area is 82.9 Å². The Morgan fingerprint density at radius 1 is 1.62 bits per heavy atom. The molecule has 1 rings (SSSR count). The fourth-order valence-corrected chi connectivity index (χ4v) is 1.08. The average molecular weight is 196 g/mol. The van der Waals surface area contributed by atoms with Gasteiger partial charge in [0.1, 0.15) is 10.7 Å². The van der Waals surface area contributed by atoms with Crippen LogP contribution in [0.4, 0.5) is 0 Å². The second-order valence-corrected chi connectivity index (χ2v) is 3.34. The maximum Gasteiger partial charge on any atom is 0.132 e. The maximum absolute atomic E-state index is 5.50. The molecule has 0 radical (unpaired) electrons. The van der Waals surface area contributed by atoms with E-state index < -0.39 is 0 Å². The highest BCUT2D eigenvalue weighted by Crippen LogP contribution is 2.17. The van der Waals surface area contributed by atoms with Crippen molar-refractivity contribution in [2.75, 3.05) is 0 Å². The zero-order valence-corrected chi connectivity index (χ0v) is 8.47. The van der Waals surface area contributed by atoms with Crippen LogP contribution in [-0.2, 0) is 0 Å². The molecule has 0 aliphatic carbocycles. The molecule has 0 amide bonds. The van der Waals surface area contributed by atoms with E-state index in [4.69, 9.17) is 22.7 Å². The van der Waals surface area contributed by atoms with Gasteiger partial charge in [-0.2, -0.15) is 0 Å². The van der Waals surface area contributed by atoms with Gasteiger partial charge in [0.05, 0.1) is 11.7 Å². The molecule has 0 saturated carbocycles.